The summed E-state index contributed by atoms with van der Waals surface area (Å²) in [6.45, 7) is 1.36. The van der Waals surface area contributed by atoms with Crippen molar-refractivity contribution in [3.05, 3.63) is 35.9 Å². The van der Waals surface area contributed by atoms with Crippen LogP contribution in [-0.2, 0) is 16.1 Å². The van der Waals surface area contributed by atoms with Crippen molar-refractivity contribution in [2.45, 2.75) is 18.8 Å². The molecule has 1 aromatic carbocycles. The van der Waals surface area contributed by atoms with Gasteiger partial charge < -0.3 is 19.5 Å². The van der Waals surface area contributed by atoms with Crippen molar-refractivity contribution < 1.29 is 19.4 Å². The lowest BCUT2D eigenvalue weighted by Gasteiger charge is -2.16. The summed E-state index contributed by atoms with van der Waals surface area (Å²) < 4.78 is 10.7. The van der Waals surface area contributed by atoms with E-state index in [1.54, 1.807) is 0 Å². The highest BCUT2D eigenvalue weighted by atomic mass is 79.9. The van der Waals surface area contributed by atoms with E-state index in [1.165, 1.54) is 4.90 Å². The zero-order valence-corrected chi connectivity index (χ0v) is 12.7. The van der Waals surface area contributed by atoms with Crippen LogP contribution < -0.4 is 0 Å². The monoisotopic (exact) mass is 343 g/mol. The number of alkyl halides is 1. The summed E-state index contributed by atoms with van der Waals surface area (Å²) in [5, 5.41) is 10.5. The van der Waals surface area contributed by atoms with E-state index in [0.29, 0.717) is 18.5 Å². The predicted octanol–water partition coefficient (Wildman–Crippen LogP) is 1.78. The maximum Gasteiger partial charge on any atom is 0.410 e. The molecule has 2 atom stereocenters. The molecule has 2 rings (SSSR count). The third kappa shape index (κ3) is 4.19. The summed E-state index contributed by atoms with van der Waals surface area (Å²) in [7, 11) is 0. The minimum atomic E-state index is -0.654. The van der Waals surface area contributed by atoms with Gasteiger partial charge in [-0.3, -0.25) is 0 Å². The fourth-order valence-electron chi connectivity index (χ4n) is 2.08. The van der Waals surface area contributed by atoms with Crippen LogP contribution in [0.25, 0.3) is 0 Å². The molecule has 20 heavy (non-hydrogen) atoms. The van der Waals surface area contributed by atoms with Gasteiger partial charge in [0.25, 0.3) is 0 Å². The van der Waals surface area contributed by atoms with E-state index in [0.717, 1.165) is 5.56 Å². The molecular weight excluding hydrogens is 326 g/mol. The average Bonchev–Trinajstić information content (AvgIpc) is 2.85. The Morgan fingerprint density at radius 1 is 1.35 bits per heavy atom. The average molecular weight is 344 g/mol. The van der Waals surface area contributed by atoms with Gasteiger partial charge in [-0.05, 0) is 5.56 Å². The highest BCUT2D eigenvalue weighted by Crippen LogP contribution is 2.15. The minimum absolute atomic E-state index is 0.235. The summed E-state index contributed by atoms with van der Waals surface area (Å²) in [5.74, 6) is 0. The normalized spacial score (nSPS) is 22.0. The molecule has 1 N–H and O–H groups in total. The molecule has 110 valence electrons. The van der Waals surface area contributed by atoms with Crippen LogP contribution in [0.4, 0.5) is 4.79 Å². The van der Waals surface area contributed by atoms with E-state index in [-0.39, 0.29) is 19.3 Å². The number of hydrogen-bond acceptors (Lipinski definition) is 4. The second-order valence-electron chi connectivity index (χ2n) is 4.61. The Balaban J connectivity index is 1.79. The largest absolute Gasteiger partial charge is 0.445 e. The summed E-state index contributed by atoms with van der Waals surface area (Å²) in [5.41, 5.74) is 0.938. The van der Waals surface area contributed by atoms with Gasteiger partial charge in [-0.2, -0.15) is 0 Å². The highest BCUT2D eigenvalue weighted by Gasteiger charge is 2.35. The number of benzene rings is 1. The van der Waals surface area contributed by atoms with Crippen LogP contribution in [0.5, 0.6) is 0 Å². The molecule has 0 bridgehead atoms. The molecule has 1 amide bonds. The van der Waals surface area contributed by atoms with Gasteiger partial charge in [-0.25, -0.2) is 4.79 Å². The van der Waals surface area contributed by atoms with Crippen LogP contribution in [0, 0.1) is 0 Å². The highest BCUT2D eigenvalue weighted by molar-refractivity contribution is 9.09. The SMILES string of the molecule is O=C(OCc1ccccc1)N1C[C@@H](O)[C@H](OCCBr)C1. The van der Waals surface area contributed by atoms with Gasteiger partial charge in [-0.15, -0.1) is 0 Å². The van der Waals surface area contributed by atoms with Crippen molar-refractivity contribution in [2.24, 2.45) is 0 Å². The minimum Gasteiger partial charge on any atom is -0.445 e. The lowest BCUT2D eigenvalue weighted by atomic mass is 10.2. The first-order chi connectivity index (χ1) is 9.70. The number of aliphatic hydroxyl groups excluding tert-OH is 1. The van der Waals surface area contributed by atoms with E-state index >= 15 is 0 Å². The van der Waals surface area contributed by atoms with Crippen molar-refractivity contribution in [1.29, 1.82) is 0 Å². The standard InChI is InChI=1S/C14H18BrNO4/c15-6-7-19-13-9-16(8-12(13)17)14(18)20-10-11-4-2-1-3-5-11/h1-5,12-13,17H,6-10H2/t12-,13-/m1/s1. The molecule has 1 aromatic rings. The van der Waals surface area contributed by atoms with E-state index in [2.05, 4.69) is 15.9 Å². The lowest BCUT2D eigenvalue weighted by Crippen LogP contribution is -2.30. The smallest absolute Gasteiger partial charge is 0.410 e. The number of β-amino-alcohol motifs (C(OH)–C–C–N with tert-alkyl or cyclic N) is 1. The number of rotatable bonds is 5. The second-order valence-corrected chi connectivity index (χ2v) is 5.40. The van der Waals surface area contributed by atoms with Gasteiger partial charge in [0.2, 0.25) is 0 Å². The molecule has 0 radical (unpaired) electrons. The van der Waals surface area contributed by atoms with Gasteiger partial charge >= 0.3 is 6.09 Å². The molecule has 0 aliphatic carbocycles. The number of aliphatic hydroxyl groups is 1. The Bertz CT molecular complexity index is 428. The summed E-state index contributed by atoms with van der Waals surface area (Å²) >= 11 is 3.26. The van der Waals surface area contributed by atoms with Gasteiger partial charge in [0.1, 0.15) is 12.7 Å². The number of carbonyl (C=O) groups excluding carboxylic acids is 1. The molecule has 0 unspecified atom stereocenters. The topological polar surface area (TPSA) is 59.0 Å². The van der Waals surface area contributed by atoms with Crippen molar-refractivity contribution in [1.82, 2.24) is 4.90 Å². The maximum absolute atomic E-state index is 11.9. The summed E-state index contributed by atoms with van der Waals surface area (Å²) in [6.07, 6.45) is -1.41. The summed E-state index contributed by atoms with van der Waals surface area (Å²) in [6, 6.07) is 9.50. The van der Waals surface area contributed by atoms with Crippen LogP contribution in [0.3, 0.4) is 0 Å². The Labute approximate surface area is 126 Å². The molecule has 1 heterocycles. The van der Waals surface area contributed by atoms with Crippen molar-refractivity contribution in [3.63, 3.8) is 0 Å². The van der Waals surface area contributed by atoms with Crippen LogP contribution in [0.2, 0.25) is 0 Å². The summed E-state index contributed by atoms with van der Waals surface area (Å²) in [4.78, 5) is 13.4. The lowest BCUT2D eigenvalue weighted by molar-refractivity contribution is -0.000972. The third-order valence-corrected chi connectivity index (χ3v) is 3.43. The van der Waals surface area contributed by atoms with Crippen LogP contribution >= 0.6 is 15.9 Å². The molecule has 5 nitrogen and oxygen atoms in total. The molecule has 0 saturated carbocycles. The number of carbonyl (C=O) groups is 1. The van der Waals surface area contributed by atoms with E-state index in [9.17, 15) is 9.90 Å². The number of halogens is 1. The third-order valence-electron chi connectivity index (χ3n) is 3.11. The predicted molar refractivity (Wildman–Crippen MR) is 77.7 cm³/mol. The number of nitrogens with zero attached hydrogens (tertiary/aromatic N) is 1. The first-order valence-corrected chi connectivity index (χ1v) is 7.64. The van der Waals surface area contributed by atoms with Crippen LogP contribution in [-0.4, -0.2) is 53.3 Å². The van der Waals surface area contributed by atoms with Crippen LogP contribution in [0.15, 0.2) is 30.3 Å². The molecule has 1 saturated heterocycles. The Morgan fingerprint density at radius 2 is 2.10 bits per heavy atom. The Morgan fingerprint density at radius 3 is 2.80 bits per heavy atom. The van der Waals surface area contributed by atoms with Crippen LogP contribution in [0.1, 0.15) is 5.56 Å². The quantitative estimate of drug-likeness (QED) is 0.828. The fraction of sp³-hybridized carbons (Fsp3) is 0.500. The van der Waals surface area contributed by atoms with Gasteiger partial charge in [0, 0.05) is 5.33 Å². The number of amides is 1. The molecule has 0 spiro atoms. The van der Waals surface area contributed by atoms with E-state index < -0.39 is 12.2 Å². The van der Waals surface area contributed by atoms with Gasteiger partial charge in [0.05, 0.1) is 25.8 Å². The molecule has 1 aliphatic rings. The maximum atomic E-state index is 11.9. The van der Waals surface area contributed by atoms with Gasteiger partial charge in [0.15, 0.2) is 0 Å². The molecule has 0 aromatic heterocycles. The number of likely N-dealkylation sites (tertiary alicyclic amines) is 1. The number of hydrogen-bond donors (Lipinski definition) is 1. The number of ether oxygens (including phenoxy) is 2. The van der Waals surface area contributed by atoms with Crippen molar-refractivity contribution in [2.75, 3.05) is 25.0 Å². The first-order valence-electron chi connectivity index (χ1n) is 6.52. The zero-order valence-electron chi connectivity index (χ0n) is 11.1. The van der Waals surface area contributed by atoms with Gasteiger partial charge in [-0.1, -0.05) is 46.3 Å². The van der Waals surface area contributed by atoms with Crippen molar-refractivity contribution in [3.8, 4) is 0 Å². The molecule has 1 aliphatic heterocycles. The van der Waals surface area contributed by atoms with E-state index in [4.69, 9.17) is 9.47 Å². The van der Waals surface area contributed by atoms with E-state index in [1.807, 2.05) is 30.3 Å². The Hall–Kier alpha value is -1.11. The zero-order chi connectivity index (χ0) is 14.4. The second kappa shape index (κ2) is 7.61. The Kier molecular flexibility index (Phi) is 5.82. The molecular formula is C14H18BrNO4. The first kappa shape index (κ1) is 15.3. The fourth-order valence-corrected chi connectivity index (χ4v) is 2.26. The molecule has 6 heteroatoms. The van der Waals surface area contributed by atoms with Crippen molar-refractivity contribution >= 4 is 22.0 Å². The molecule has 1 fully saturated rings.